The quantitative estimate of drug-likeness (QED) is 0.740. The minimum Gasteiger partial charge on any atom is -0.484 e. The van der Waals surface area contributed by atoms with Gasteiger partial charge in [0.2, 0.25) is 0 Å². The van der Waals surface area contributed by atoms with E-state index in [2.05, 4.69) is 20.6 Å². The first-order chi connectivity index (χ1) is 11.7. The zero-order valence-electron chi connectivity index (χ0n) is 12.6. The second kappa shape index (κ2) is 7.56. The Morgan fingerprint density at radius 3 is 2.83 bits per heavy atom. The number of nitrogens with one attached hydrogen (secondary N) is 1. The van der Waals surface area contributed by atoms with Crippen molar-refractivity contribution in [3.05, 3.63) is 65.7 Å². The van der Waals surface area contributed by atoms with Crippen molar-refractivity contribution in [1.29, 1.82) is 0 Å². The molecule has 3 rings (SSSR count). The fourth-order valence-corrected chi connectivity index (χ4v) is 2.04. The molecule has 7 nitrogen and oxygen atoms in total. The molecule has 0 atom stereocenters. The molecule has 122 valence electrons. The van der Waals surface area contributed by atoms with E-state index in [9.17, 15) is 4.79 Å². The van der Waals surface area contributed by atoms with Gasteiger partial charge in [-0.25, -0.2) is 4.68 Å². The van der Waals surface area contributed by atoms with Crippen LogP contribution in [-0.2, 0) is 11.3 Å². The fraction of sp³-hybridized carbons (Fsp3) is 0.125. The smallest absolute Gasteiger partial charge is 0.258 e. The van der Waals surface area contributed by atoms with E-state index in [1.54, 1.807) is 47.5 Å². The van der Waals surface area contributed by atoms with Gasteiger partial charge in [0.25, 0.3) is 5.91 Å². The van der Waals surface area contributed by atoms with Gasteiger partial charge in [-0.1, -0.05) is 16.8 Å². The van der Waals surface area contributed by atoms with E-state index in [4.69, 9.17) is 16.3 Å². The number of hydrogen-bond acceptors (Lipinski definition) is 5. The number of benzene rings is 1. The molecule has 3 aromatic rings. The first kappa shape index (κ1) is 15.9. The van der Waals surface area contributed by atoms with Crippen LogP contribution in [0.4, 0.5) is 0 Å². The number of ether oxygens (including phenoxy) is 1. The van der Waals surface area contributed by atoms with Gasteiger partial charge in [0.15, 0.2) is 6.61 Å². The topological polar surface area (TPSA) is 81.9 Å². The van der Waals surface area contributed by atoms with Gasteiger partial charge in [-0.15, -0.1) is 5.10 Å². The lowest BCUT2D eigenvalue weighted by Crippen LogP contribution is -2.28. The summed E-state index contributed by atoms with van der Waals surface area (Å²) in [7, 11) is 0. The molecule has 0 aliphatic heterocycles. The number of carbonyl (C=O) groups is 1. The molecule has 2 aromatic heterocycles. The third-order valence-electron chi connectivity index (χ3n) is 3.10. The number of pyridine rings is 1. The molecule has 24 heavy (non-hydrogen) atoms. The number of halogens is 1. The molecule has 0 radical (unpaired) electrons. The molecule has 0 fully saturated rings. The summed E-state index contributed by atoms with van der Waals surface area (Å²) in [6.45, 7) is 0.182. The molecule has 1 aromatic carbocycles. The van der Waals surface area contributed by atoms with E-state index in [0.29, 0.717) is 16.5 Å². The Morgan fingerprint density at radius 1 is 1.25 bits per heavy atom. The lowest BCUT2D eigenvalue weighted by Gasteiger charge is -2.06. The Labute approximate surface area is 143 Å². The Hall–Kier alpha value is -2.93. The van der Waals surface area contributed by atoms with E-state index in [0.717, 1.165) is 5.69 Å². The lowest BCUT2D eigenvalue weighted by atomic mass is 10.3. The number of aromatic nitrogens is 4. The number of hydrogen-bond donors (Lipinski definition) is 1. The average molecular weight is 344 g/mol. The highest BCUT2D eigenvalue weighted by Crippen LogP contribution is 2.15. The van der Waals surface area contributed by atoms with Gasteiger partial charge < -0.3 is 10.1 Å². The SMILES string of the molecule is O=C(COc1ccc(Cl)cc1)NCc1cn(-c2cccnc2)nn1. The van der Waals surface area contributed by atoms with Crippen molar-refractivity contribution in [1.82, 2.24) is 25.3 Å². The van der Waals surface area contributed by atoms with Crippen LogP contribution in [0.3, 0.4) is 0 Å². The van der Waals surface area contributed by atoms with Gasteiger partial charge in [0, 0.05) is 11.2 Å². The monoisotopic (exact) mass is 343 g/mol. The van der Waals surface area contributed by atoms with E-state index < -0.39 is 0 Å². The fourth-order valence-electron chi connectivity index (χ4n) is 1.91. The van der Waals surface area contributed by atoms with Crippen molar-refractivity contribution >= 4 is 17.5 Å². The zero-order valence-corrected chi connectivity index (χ0v) is 13.3. The van der Waals surface area contributed by atoms with E-state index >= 15 is 0 Å². The van der Waals surface area contributed by atoms with Crippen LogP contribution in [0, 0.1) is 0 Å². The molecule has 0 saturated carbocycles. The Balaban J connectivity index is 1.48. The summed E-state index contributed by atoms with van der Waals surface area (Å²) in [5.41, 5.74) is 1.44. The summed E-state index contributed by atoms with van der Waals surface area (Å²) >= 11 is 5.78. The molecule has 1 N–H and O–H groups in total. The summed E-state index contributed by atoms with van der Waals surface area (Å²) in [5, 5.41) is 11.3. The highest BCUT2D eigenvalue weighted by Gasteiger charge is 2.06. The first-order valence-electron chi connectivity index (χ1n) is 7.17. The molecule has 0 spiro atoms. The third kappa shape index (κ3) is 4.30. The van der Waals surface area contributed by atoms with Crippen molar-refractivity contribution in [2.24, 2.45) is 0 Å². The number of amides is 1. The van der Waals surface area contributed by atoms with Gasteiger partial charge >= 0.3 is 0 Å². The predicted octanol–water partition coefficient (Wildman–Crippen LogP) is 2.01. The van der Waals surface area contributed by atoms with Gasteiger partial charge in [0.05, 0.1) is 24.6 Å². The summed E-state index contributed by atoms with van der Waals surface area (Å²) < 4.78 is 6.96. The number of nitrogens with zero attached hydrogens (tertiary/aromatic N) is 4. The molecular weight excluding hydrogens is 330 g/mol. The van der Waals surface area contributed by atoms with Crippen molar-refractivity contribution < 1.29 is 9.53 Å². The van der Waals surface area contributed by atoms with Gasteiger partial charge in [-0.2, -0.15) is 0 Å². The molecule has 2 heterocycles. The van der Waals surface area contributed by atoms with Crippen molar-refractivity contribution in [2.75, 3.05) is 6.61 Å². The van der Waals surface area contributed by atoms with Crippen LogP contribution in [0.5, 0.6) is 5.75 Å². The molecule has 0 bridgehead atoms. The maximum Gasteiger partial charge on any atom is 0.258 e. The Bertz CT molecular complexity index is 805. The van der Waals surface area contributed by atoms with Gasteiger partial charge in [-0.3, -0.25) is 9.78 Å². The predicted molar refractivity (Wildman–Crippen MR) is 87.9 cm³/mol. The molecule has 8 heteroatoms. The second-order valence-electron chi connectivity index (χ2n) is 4.88. The Kier molecular flexibility index (Phi) is 5.02. The van der Waals surface area contributed by atoms with Gasteiger partial charge in [0.1, 0.15) is 11.4 Å². The average Bonchev–Trinajstić information content (AvgIpc) is 3.09. The summed E-state index contributed by atoms with van der Waals surface area (Å²) in [6.07, 6.45) is 5.09. The Morgan fingerprint density at radius 2 is 2.08 bits per heavy atom. The highest BCUT2D eigenvalue weighted by atomic mass is 35.5. The van der Waals surface area contributed by atoms with Crippen molar-refractivity contribution in [3.8, 4) is 11.4 Å². The summed E-state index contributed by atoms with van der Waals surface area (Å²) in [5.74, 6) is 0.331. The van der Waals surface area contributed by atoms with E-state index in [-0.39, 0.29) is 19.1 Å². The van der Waals surface area contributed by atoms with Crippen molar-refractivity contribution in [3.63, 3.8) is 0 Å². The van der Waals surface area contributed by atoms with Gasteiger partial charge in [-0.05, 0) is 36.4 Å². The van der Waals surface area contributed by atoms with Crippen LogP contribution in [-0.4, -0.2) is 32.5 Å². The number of rotatable bonds is 6. The first-order valence-corrected chi connectivity index (χ1v) is 7.55. The van der Waals surface area contributed by atoms with Crippen LogP contribution in [0.1, 0.15) is 5.69 Å². The largest absolute Gasteiger partial charge is 0.484 e. The van der Waals surface area contributed by atoms with E-state index in [1.165, 1.54) is 0 Å². The molecule has 0 saturated heterocycles. The minimum absolute atomic E-state index is 0.0849. The van der Waals surface area contributed by atoms with Crippen LogP contribution in [0.25, 0.3) is 5.69 Å². The summed E-state index contributed by atoms with van der Waals surface area (Å²) in [4.78, 5) is 15.8. The normalized spacial score (nSPS) is 10.4. The van der Waals surface area contributed by atoms with Crippen LogP contribution >= 0.6 is 11.6 Å². The van der Waals surface area contributed by atoms with Crippen molar-refractivity contribution in [2.45, 2.75) is 6.54 Å². The standard InChI is InChI=1S/C16H14ClN5O2/c17-12-3-5-15(6-4-12)24-11-16(23)19-8-13-10-22(21-20-13)14-2-1-7-18-9-14/h1-7,9-10H,8,11H2,(H,19,23). The molecule has 0 aliphatic rings. The highest BCUT2D eigenvalue weighted by molar-refractivity contribution is 6.30. The van der Waals surface area contributed by atoms with Crippen LogP contribution in [0.2, 0.25) is 5.02 Å². The van der Waals surface area contributed by atoms with E-state index in [1.807, 2.05) is 12.1 Å². The minimum atomic E-state index is -0.249. The van der Waals surface area contributed by atoms with Crippen LogP contribution in [0.15, 0.2) is 55.0 Å². The van der Waals surface area contributed by atoms with Crippen LogP contribution < -0.4 is 10.1 Å². The molecule has 1 amide bonds. The summed E-state index contributed by atoms with van der Waals surface area (Å²) in [6, 6.07) is 10.5. The molecular formula is C16H14ClN5O2. The molecule has 0 aliphatic carbocycles. The second-order valence-corrected chi connectivity index (χ2v) is 5.32. The molecule has 0 unspecified atom stereocenters. The lowest BCUT2D eigenvalue weighted by molar-refractivity contribution is -0.123. The zero-order chi connectivity index (χ0) is 16.8. The number of carbonyl (C=O) groups excluding carboxylic acids is 1. The maximum atomic E-state index is 11.8. The maximum absolute atomic E-state index is 11.8. The third-order valence-corrected chi connectivity index (χ3v) is 3.35.